The third kappa shape index (κ3) is 3.70. The van der Waals surface area contributed by atoms with Crippen LogP contribution in [0.5, 0.6) is 0 Å². The maximum Gasteiger partial charge on any atom is 0.410 e. The van der Waals surface area contributed by atoms with Gasteiger partial charge in [-0.25, -0.2) is 4.79 Å². The lowest BCUT2D eigenvalue weighted by Gasteiger charge is -2.35. The Morgan fingerprint density at radius 2 is 2.16 bits per heavy atom. The second-order valence-corrected chi connectivity index (χ2v) is 5.25. The molecule has 1 saturated heterocycles. The standard InChI is InChI=1S/C15H22N2O2/c1-12-7-8-17(10-14(12)9-16)15(18)19-11-13-5-3-2-4-6-13/h2-6,12,14H,7-11,16H2,1H3/t12-,14-/m0/s1. The number of amides is 1. The molecule has 4 nitrogen and oxygen atoms in total. The predicted octanol–water partition coefficient (Wildman–Crippen LogP) is 2.24. The number of nitrogens with zero attached hydrogens (tertiary/aromatic N) is 1. The minimum Gasteiger partial charge on any atom is -0.445 e. The zero-order valence-electron chi connectivity index (χ0n) is 11.4. The first-order chi connectivity index (χ1) is 9.20. The van der Waals surface area contributed by atoms with Crippen LogP contribution in [-0.4, -0.2) is 30.6 Å². The van der Waals surface area contributed by atoms with E-state index < -0.39 is 0 Å². The van der Waals surface area contributed by atoms with Crippen molar-refractivity contribution in [1.29, 1.82) is 0 Å². The molecule has 0 saturated carbocycles. The van der Waals surface area contributed by atoms with Gasteiger partial charge in [0.15, 0.2) is 0 Å². The molecule has 0 unspecified atom stereocenters. The van der Waals surface area contributed by atoms with Gasteiger partial charge in [-0.05, 0) is 30.4 Å². The number of hydrogen-bond acceptors (Lipinski definition) is 3. The second kappa shape index (κ2) is 6.57. The highest BCUT2D eigenvalue weighted by atomic mass is 16.6. The largest absolute Gasteiger partial charge is 0.445 e. The van der Waals surface area contributed by atoms with Gasteiger partial charge in [0.1, 0.15) is 6.61 Å². The third-order valence-corrected chi connectivity index (χ3v) is 3.88. The van der Waals surface area contributed by atoms with Gasteiger partial charge in [0, 0.05) is 13.1 Å². The third-order valence-electron chi connectivity index (χ3n) is 3.88. The van der Waals surface area contributed by atoms with Crippen molar-refractivity contribution < 1.29 is 9.53 Å². The van der Waals surface area contributed by atoms with Gasteiger partial charge in [0.2, 0.25) is 0 Å². The summed E-state index contributed by atoms with van der Waals surface area (Å²) in [6.45, 7) is 4.64. The van der Waals surface area contributed by atoms with E-state index in [2.05, 4.69) is 6.92 Å². The van der Waals surface area contributed by atoms with Crippen LogP contribution < -0.4 is 5.73 Å². The number of piperidine rings is 1. The molecule has 19 heavy (non-hydrogen) atoms. The highest BCUT2D eigenvalue weighted by Crippen LogP contribution is 2.22. The fraction of sp³-hybridized carbons (Fsp3) is 0.533. The molecule has 2 N–H and O–H groups in total. The number of nitrogens with two attached hydrogens (primary N) is 1. The number of ether oxygens (including phenoxy) is 1. The van der Waals surface area contributed by atoms with E-state index in [4.69, 9.17) is 10.5 Å². The Balaban J connectivity index is 1.83. The van der Waals surface area contributed by atoms with Crippen molar-refractivity contribution in [3.8, 4) is 0 Å². The van der Waals surface area contributed by atoms with Crippen LogP contribution in [0.3, 0.4) is 0 Å². The number of rotatable bonds is 3. The van der Waals surface area contributed by atoms with E-state index >= 15 is 0 Å². The molecule has 1 fully saturated rings. The van der Waals surface area contributed by atoms with Crippen LogP contribution in [-0.2, 0) is 11.3 Å². The van der Waals surface area contributed by atoms with E-state index in [-0.39, 0.29) is 6.09 Å². The molecule has 104 valence electrons. The van der Waals surface area contributed by atoms with Crippen LogP contribution in [0.25, 0.3) is 0 Å². The Morgan fingerprint density at radius 1 is 1.42 bits per heavy atom. The van der Waals surface area contributed by atoms with Gasteiger partial charge in [-0.3, -0.25) is 0 Å². The van der Waals surface area contributed by atoms with Crippen LogP contribution in [0.15, 0.2) is 30.3 Å². The maximum atomic E-state index is 12.0. The van der Waals surface area contributed by atoms with Gasteiger partial charge in [-0.15, -0.1) is 0 Å². The molecule has 4 heteroatoms. The molecular formula is C15H22N2O2. The molecule has 1 aromatic carbocycles. The molecule has 0 spiro atoms. The molecule has 1 aliphatic heterocycles. The number of carbonyl (C=O) groups excluding carboxylic acids is 1. The van der Waals surface area contributed by atoms with Crippen molar-refractivity contribution in [1.82, 2.24) is 4.90 Å². The highest BCUT2D eigenvalue weighted by Gasteiger charge is 2.28. The summed E-state index contributed by atoms with van der Waals surface area (Å²) in [6.07, 6.45) is 0.775. The fourth-order valence-corrected chi connectivity index (χ4v) is 2.43. The summed E-state index contributed by atoms with van der Waals surface area (Å²) in [4.78, 5) is 13.8. The van der Waals surface area contributed by atoms with Gasteiger partial charge in [0.05, 0.1) is 0 Å². The van der Waals surface area contributed by atoms with Crippen LogP contribution >= 0.6 is 0 Å². The average Bonchev–Trinajstić information content (AvgIpc) is 2.46. The quantitative estimate of drug-likeness (QED) is 0.909. The Bertz CT molecular complexity index is 408. The van der Waals surface area contributed by atoms with Crippen LogP contribution in [0.2, 0.25) is 0 Å². The summed E-state index contributed by atoms with van der Waals surface area (Å²) < 4.78 is 5.34. The Morgan fingerprint density at radius 3 is 2.84 bits per heavy atom. The summed E-state index contributed by atoms with van der Waals surface area (Å²) in [5.41, 5.74) is 6.75. The van der Waals surface area contributed by atoms with Crippen molar-refractivity contribution in [2.75, 3.05) is 19.6 Å². The highest BCUT2D eigenvalue weighted by molar-refractivity contribution is 5.67. The summed E-state index contributed by atoms with van der Waals surface area (Å²) in [5, 5.41) is 0. The van der Waals surface area contributed by atoms with Crippen molar-refractivity contribution in [2.24, 2.45) is 17.6 Å². The Kier molecular flexibility index (Phi) is 4.80. The van der Waals surface area contributed by atoms with Gasteiger partial charge in [0.25, 0.3) is 0 Å². The van der Waals surface area contributed by atoms with Crippen molar-refractivity contribution in [3.63, 3.8) is 0 Å². The molecule has 0 aromatic heterocycles. The Hall–Kier alpha value is -1.55. The minimum atomic E-state index is -0.228. The van der Waals surface area contributed by atoms with Gasteiger partial charge in [-0.2, -0.15) is 0 Å². The monoisotopic (exact) mass is 262 g/mol. The van der Waals surface area contributed by atoms with Gasteiger partial charge >= 0.3 is 6.09 Å². The normalized spacial score (nSPS) is 23.2. The van der Waals surface area contributed by atoms with E-state index in [1.807, 2.05) is 30.3 Å². The summed E-state index contributed by atoms with van der Waals surface area (Å²) in [7, 11) is 0. The second-order valence-electron chi connectivity index (χ2n) is 5.25. The molecule has 0 aliphatic carbocycles. The van der Waals surface area contributed by atoms with Crippen LogP contribution in [0, 0.1) is 11.8 Å². The molecular weight excluding hydrogens is 240 g/mol. The van der Waals surface area contributed by atoms with E-state index in [0.29, 0.717) is 31.5 Å². The summed E-state index contributed by atoms with van der Waals surface area (Å²) >= 11 is 0. The lowest BCUT2D eigenvalue weighted by atomic mass is 9.87. The van der Waals surface area contributed by atoms with Gasteiger partial charge in [-0.1, -0.05) is 37.3 Å². The zero-order valence-corrected chi connectivity index (χ0v) is 11.4. The zero-order chi connectivity index (χ0) is 13.7. The van der Waals surface area contributed by atoms with Crippen LogP contribution in [0.4, 0.5) is 4.79 Å². The van der Waals surface area contributed by atoms with Gasteiger partial charge < -0.3 is 15.4 Å². The first-order valence-electron chi connectivity index (χ1n) is 6.86. The number of likely N-dealkylation sites (tertiary alicyclic amines) is 1. The average molecular weight is 262 g/mol. The van der Waals surface area contributed by atoms with Crippen LogP contribution in [0.1, 0.15) is 18.9 Å². The van der Waals surface area contributed by atoms with E-state index in [9.17, 15) is 4.79 Å². The van der Waals surface area contributed by atoms with Crippen molar-refractivity contribution in [2.45, 2.75) is 20.0 Å². The molecule has 2 atom stereocenters. The molecule has 1 amide bonds. The number of hydrogen-bond donors (Lipinski definition) is 1. The SMILES string of the molecule is C[C@H]1CCN(C(=O)OCc2ccccc2)C[C@@H]1CN. The van der Waals surface area contributed by atoms with Crippen molar-refractivity contribution >= 4 is 6.09 Å². The minimum absolute atomic E-state index is 0.228. The maximum absolute atomic E-state index is 12.0. The molecule has 1 heterocycles. The molecule has 0 bridgehead atoms. The lowest BCUT2D eigenvalue weighted by molar-refractivity contribution is 0.0686. The first kappa shape index (κ1) is 13.9. The Labute approximate surface area is 114 Å². The molecule has 1 aliphatic rings. The topological polar surface area (TPSA) is 55.6 Å². The predicted molar refractivity (Wildman–Crippen MR) is 74.5 cm³/mol. The van der Waals surface area contributed by atoms with E-state index in [1.165, 1.54) is 0 Å². The number of benzene rings is 1. The summed E-state index contributed by atoms with van der Waals surface area (Å²) in [6, 6.07) is 9.73. The molecule has 1 aromatic rings. The smallest absolute Gasteiger partial charge is 0.410 e. The lowest BCUT2D eigenvalue weighted by Crippen LogP contribution is -2.45. The molecule has 0 radical (unpaired) electrons. The number of carbonyl (C=O) groups is 1. The summed E-state index contributed by atoms with van der Waals surface area (Å²) in [5.74, 6) is 0.973. The first-order valence-corrected chi connectivity index (χ1v) is 6.86. The fourth-order valence-electron chi connectivity index (χ4n) is 2.43. The molecule has 2 rings (SSSR count). The van der Waals surface area contributed by atoms with E-state index in [0.717, 1.165) is 18.5 Å². The van der Waals surface area contributed by atoms with E-state index in [1.54, 1.807) is 4.90 Å². The van der Waals surface area contributed by atoms with Crippen molar-refractivity contribution in [3.05, 3.63) is 35.9 Å².